The van der Waals surface area contributed by atoms with Crippen LogP contribution in [0.2, 0.25) is 0 Å². The summed E-state index contributed by atoms with van der Waals surface area (Å²) in [6.07, 6.45) is 0. The highest BCUT2D eigenvalue weighted by molar-refractivity contribution is 6.11. The van der Waals surface area contributed by atoms with Gasteiger partial charge in [0, 0.05) is 29.9 Å². The Morgan fingerprint density at radius 2 is 1.78 bits per heavy atom. The maximum Gasteiger partial charge on any atom is 0.251 e. The number of nitrogens with zero attached hydrogens (tertiary/aromatic N) is 1. The lowest BCUT2D eigenvalue weighted by atomic mass is 9.77. The van der Waals surface area contributed by atoms with Crippen LogP contribution in [-0.4, -0.2) is 32.3 Å². The van der Waals surface area contributed by atoms with Gasteiger partial charge in [-0.05, 0) is 35.4 Å². The molecule has 0 bridgehead atoms. The Bertz CT molecular complexity index is 1290. The van der Waals surface area contributed by atoms with Gasteiger partial charge < -0.3 is 24.4 Å². The summed E-state index contributed by atoms with van der Waals surface area (Å²) in [6.45, 7) is 0.724. The first-order valence-corrected chi connectivity index (χ1v) is 10.4. The first-order chi connectivity index (χ1) is 15.6. The quantitative estimate of drug-likeness (QED) is 0.694. The van der Waals surface area contributed by atoms with Crippen molar-refractivity contribution >= 4 is 17.5 Å². The SMILES string of the molecule is CNC(=O)c1cccc(CN2C(=O)C3(COc4cc5c(cc43)OCO5)c3ccccc32)c1. The number of hydrogen-bond donors (Lipinski definition) is 1. The van der Waals surface area contributed by atoms with Crippen LogP contribution in [0.25, 0.3) is 0 Å². The Morgan fingerprint density at radius 1 is 0.969 bits per heavy atom. The van der Waals surface area contributed by atoms with Gasteiger partial charge in [0.05, 0.1) is 6.54 Å². The van der Waals surface area contributed by atoms with Gasteiger partial charge in [-0.1, -0.05) is 30.3 Å². The highest BCUT2D eigenvalue weighted by atomic mass is 16.7. The van der Waals surface area contributed by atoms with Crippen LogP contribution in [0.5, 0.6) is 17.2 Å². The standard InChI is InChI=1S/C25H20N2O5/c1-26-23(28)16-6-4-5-15(9-16)12-27-19-8-3-2-7-17(19)25(24(27)29)13-30-20-11-22-21(10-18(20)25)31-14-32-22/h2-11H,12-14H2,1H3,(H,26,28). The maximum atomic E-state index is 14.0. The van der Waals surface area contributed by atoms with Crippen molar-refractivity contribution in [3.63, 3.8) is 0 Å². The van der Waals surface area contributed by atoms with Gasteiger partial charge in [-0.15, -0.1) is 0 Å². The first kappa shape index (κ1) is 18.7. The van der Waals surface area contributed by atoms with Gasteiger partial charge in [-0.3, -0.25) is 9.59 Å². The first-order valence-electron chi connectivity index (χ1n) is 10.4. The van der Waals surface area contributed by atoms with Crippen molar-refractivity contribution in [2.24, 2.45) is 0 Å². The Hall–Kier alpha value is -4.00. The number of carbonyl (C=O) groups excluding carboxylic acids is 2. The highest BCUT2D eigenvalue weighted by Crippen LogP contribution is 2.55. The number of benzene rings is 3. The molecule has 1 spiro atoms. The zero-order chi connectivity index (χ0) is 21.9. The molecular formula is C25H20N2O5. The van der Waals surface area contributed by atoms with Gasteiger partial charge >= 0.3 is 0 Å². The van der Waals surface area contributed by atoms with E-state index in [0.29, 0.717) is 29.4 Å². The van der Waals surface area contributed by atoms with Crippen LogP contribution in [0.3, 0.4) is 0 Å². The number of carbonyl (C=O) groups is 2. The molecule has 3 aliphatic rings. The Kier molecular flexibility index (Phi) is 3.95. The summed E-state index contributed by atoms with van der Waals surface area (Å²) in [5, 5.41) is 2.64. The molecule has 7 heteroatoms. The number of fused-ring (bicyclic) bond motifs is 5. The minimum absolute atomic E-state index is 0.0540. The van der Waals surface area contributed by atoms with Crippen LogP contribution in [0.15, 0.2) is 60.7 Å². The average molecular weight is 428 g/mol. The van der Waals surface area contributed by atoms with Crippen molar-refractivity contribution in [3.8, 4) is 17.2 Å². The molecule has 0 fully saturated rings. The van der Waals surface area contributed by atoms with Gasteiger partial charge in [-0.25, -0.2) is 0 Å². The van der Waals surface area contributed by atoms with E-state index in [2.05, 4.69) is 5.32 Å². The summed E-state index contributed by atoms with van der Waals surface area (Å²) in [5.41, 5.74) is 3.03. The van der Waals surface area contributed by atoms with Crippen LogP contribution in [-0.2, 0) is 16.8 Å². The van der Waals surface area contributed by atoms with Gasteiger partial charge in [-0.2, -0.15) is 0 Å². The summed E-state index contributed by atoms with van der Waals surface area (Å²) in [6, 6.07) is 18.8. The number of nitrogens with one attached hydrogen (secondary N) is 1. The number of anilines is 1. The fourth-order valence-corrected chi connectivity index (χ4v) is 4.86. The molecule has 3 aromatic carbocycles. The fraction of sp³-hybridized carbons (Fsp3) is 0.200. The predicted octanol–water partition coefficient (Wildman–Crippen LogP) is 3.00. The molecule has 6 rings (SSSR count). The number of rotatable bonds is 3. The molecule has 0 saturated heterocycles. The van der Waals surface area contributed by atoms with Crippen molar-refractivity contribution in [1.82, 2.24) is 5.32 Å². The molecule has 0 aromatic heterocycles. The largest absolute Gasteiger partial charge is 0.491 e. The highest BCUT2D eigenvalue weighted by Gasteiger charge is 2.57. The van der Waals surface area contributed by atoms with Crippen LogP contribution in [0.1, 0.15) is 27.0 Å². The lowest BCUT2D eigenvalue weighted by Crippen LogP contribution is -2.42. The average Bonchev–Trinajstić information content (AvgIpc) is 3.50. The van der Waals surface area contributed by atoms with E-state index in [1.165, 1.54) is 0 Å². The second-order valence-corrected chi connectivity index (χ2v) is 8.08. The monoisotopic (exact) mass is 428 g/mol. The molecule has 3 aliphatic heterocycles. The van der Waals surface area contributed by atoms with Crippen LogP contribution in [0, 0.1) is 0 Å². The Balaban J connectivity index is 1.44. The minimum Gasteiger partial charge on any atom is -0.491 e. The Morgan fingerprint density at radius 3 is 2.62 bits per heavy atom. The molecule has 32 heavy (non-hydrogen) atoms. The molecule has 1 unspecified atom stereocenters. The summed E-state index contributed by atoms with van der Waals surface area (Å²) in [5.74, 6) is 1.67. The number of hydrogen-bond acceptors (Lipinski definition) is 5. The van der Waals surface area contributed by atoms with E-state index in [1.807, 2.05) is 48.5 Å². The van der Waals surface area contributed by atoms with E-state index in [-0.39, 0.29) is 25.2 Å². The minimum atomic E-state index is -0.939. The molecule has 0 radical (unpaired) electrons. The zero-order valence-electron chi connectivity index (χ0n) is 17.4. The van der Waals surface area contributed by atoms with Crippen LogP contribution < -0.4 is 24.4 Å². The van der Waals surface area contributed by atoms with Crippen molar-refractivity contribution < 1.29 is 23.8 Å². The van der Waals surface area contributed by atoms with Crippen LogP contribution in [0.4, 0.5) is 5.69 Å². The van der Waals surface area contributed by atoms with E-state index >= 15 is 0 Å². The number of amides is 2. The smallest absolute Gasteiger partial charge is 0.251 e. The lowest BCUT2D eigenvalue weighted by Gasteiger charge is -2.23. The molecule has 1 N–H and O–H groups in total. The van der Waals surface area contributed by atoms with Crippen molar-refractivity contribution in [3.05, 3.63) is 82.9 Å². The molecule has 3 heterocycles. The third-order valence-corrected chi connectivity index (χ3v) is 6.40. The molecule has 1 atom stereocenters. The summed E-state index contributed by atoms with van der Waals surface area (Å²) in [4.78, 5) is 27.9. The molecule has 0 aliphatic carbocycles. The molecule has 7 nitrogen and oxygen atoms in total. The second kappa shape index (κ2) is 6.75. The molecular weight excluding hydrogens is 408 g/mol. The van der Waals surface area contributed by atoms with Crippen LogP contribution >= 0.6 is 0 Å². The molecule has 3 aromatic rings. The number of ether oxygens (including phenoxy) is 3. The zero-order valence-corrected chi connectivity index (χ0v) is 17.4. The fourth-order valence-electron chi connectivity index (χ4n) is 4.86. The van der Waals surface area contributed by atoms with Gasteiger partial charge in [0.25, 0.3) is 5.91 Å². The molecule has 2 amide bonds. The second-order valence-electron chi connectivity index (χ2n) is 8.08. The van der Waals surface area contributed by atoms with E-state index in [9.17, 15) is 9.59 Å². The summed E-state index contributed by atoms with van der Waals surface area (Å²) in [7, 11) is 1.60. The molecule has 160 valence electrons. The van der Waals surface area contributed by atoms with E-state index in [0.717, 1.165) is 22.4 Å². The molecule has 0 saturated carbocycles. The predicted molar refractivity (Wildman–Crippen MR) is 116 cm³/mol. The van der Waals surface area contributed by atoms with Gasteiger partial charge in [0.2, 0.25) is 12.7 Å². The lowest BCUT2D eigenvalue weighted by molar-refractivity contribution is -0.122. The van der Waals surface area contributed by atoms with Crippen molar-refractivity contribution in [2.45, 2.75) is 12.0 Å². The van der Waals surface area contributed by atoms with Gasteiger partial charge in [0.1, 0.15) is 17.8 Å². The maximum absolute atomic E-state index is 14.0. The van der Waals surface area contributed by atoms with E-state index in [1.54, 1.807) is 24.1 Å². The van der Waals surface area contributed by atoms with Crippen molar-refractivity contribution in [1.29, 1.82) is 0 Å². The van der Waals surface area contributed by atoms with Crippen molar-refractivity contribution in [2.75, 3.05) is 25.3 Å². The summed E-state index contributed by atoms with van der Waals surface area (Å²) >= 11 is 0. The van der Waals surface area contributed by atoms with Gasteiger partial charge in [0.15, 0.2) is 11.5 Å². The normalized spacial score (nSPS) is 19.7. The summed E-state index contributed by atoms with van der Waals surface area (Å²) < 4.78 is 17.1. The Labute approximate surface area is 184 Å². The van der Waals surface area contributed by atoms with E-state index in [4.69, 9.17) is 14.2 Å². The topological polar surface area (TPSA) is 77.1 Å². The third kappa shape index (κ3) is 2.48. The third-order valence-electron chi connectivity index (χ3n) is 6.40. The van der Waals surface area contributed by atoms with E-state index < -0.39 is 5.41 Å². The number of para-hydroxylation sites is 1.